The molecule has 0 N–H and O–H groups in total. The summed E-state index contributed by atoms with van der Waals surface area (Å²) < 4.78 is 5.42. The van der Waals surface area contributed by atoms with Crippen LogP contribution in [0.3, 0.4) is 0 Å². The number of hydrogen-bond acceptors (Lipinski definition) is 7. The monoisotopic (exact) mass is 384 g/mol. The second-order valence-electron chi connectivity index (χ2n) is 6.30. The van der Waals surface area contributed by atoms with Gasteiger partial charge in [0.25, 0.3) is 11.6 Å². The van der Waals surface area contributed by atoms with Crippen molar-refractivity contribution in [3.8, 4) is 10.7 Å². The molecule has 0 radical (unpaired) electrons. The van der Waals surface area contributed by atoms with Crippen molar-refractivity contribution in [1.82, 2.24) is 15.0 Å². The third kappa shape index (κ3) is 3.45. The molecule has 8 nitrogen and oxygen atoms in total. The molecule has 0 aliphatic carbocycles. The van der Waals surface area contributed by atoms with Gasteiger partial charge in [-0.05, 0) is 30.4 Å². The number of piperidine rings is 1. The van der Waals surface area contributed by atoms with Crippen molar-refractivity contribution in [3.05, 3.63) is 63.3 Å². The molecule has 0 bridgehead atoms. The Balaban J connectivity index is 1.53. The van der Waals surface area contributed by atoms with Gasteiger partial charge >= 0.3 is 0 Å². The summed E-state index contributed by atoms with van der Waals surface area (Å²) in [4.78, 5) is 30.6. The minimum atomic E-state index is -0.528. The Labute approximate surface area is 158 Å². The Kier molecular flexibility index (Phi) is 4.68. The molecule has 0 spiro atoms. The Bertz CT molecular complexity index is 969. The third-order valence-corrected chi connectivity index (χ3v) is 5.44. The molecule has 1 saturated heterocycles. The number of para-hydroxylation sites is 1. The van der Waals surface area contributed by atoms with Crippen LogP contribution in [-0.4, -0.2) is 39.0 Å². The molecule has 1 aromatic carbocycles. The number of nitrogens with zero attached hydrogens (tertiary/aromatic N) is 4. The fourth-order valence-electron chi connectivity index (χ4n) is 3.25. The van der Waals surface area contributed by atoms with Gasteiger partial charge in [-0.15, -0.1) is 11.3 Å². The number of amides is 1. The zero-order chi connectivity index (χ0) is 18.8. The molecule has 138 valence electrons. The van der Waals surface area contributed by atoms with Crippen LogP contribution >= 0.6 is 11.3 Å². The quantitative estimate of drug-likeness (QED) is 0.502. The van der Waals surface area contributed by atoms with Crippen LogP contribution in [0.1, 0.15) is 35.0 Å². The largest absolute Gasteiger partial charge is 0.339 e. The van der Waals surface area contributed by atoms with E-state index in [9.17, 15) is 14.9 Å². The van der Waals surface area contributed by atoms with Gasteiger partial charge in [0.15, 0.2) is 0 Å². The van der Waals surface area contributed by atoms with Gasteiger partial charge in [0.1, 0.15) is 5.56 Å². The van der Waals surface area contributed by atoms with Gasteiger partial charge in [-0.2, -0.15) is 4.98 Å². The first-order chi connectivity index (χ1) is 13.1. The molecule has 1 fully saturated rings. The smallest absolute Gasteiger partial charge is 0.282 e. The fourth-order valence-corrected chi connectivity index (χ4v) is 3.90. The third-order valence-electron chi connectivity index (χ3n) is 4.57. The minimum absolute atomic E-state index is 0.0771. The number of hydrogen-bond donors (Lipinski definition) is 0. The van der Waals surface area contributed by atoms with Crippen molar-refractivity contribution in [2.24, 2.45) is 0 Å². The summed E-state index contributed by atoms with van der Waals surface area (Å²) in [6.45, 7) is 0.949. The number of rotatable bonds is 4. The highest BCUT2D eigenvalue weighted by atomic mass is 32.1. The van der Waals surface area contributed by atoms with Gasteiger partial charge in [-0.3, -0.25) is 14.9 Å². The number of thiophene rings is 1. The topological polar surface area (TPSA) is 102 Å². The first-order valence-corrected chi connectivity index (χ1v) is 9.41. The number of nitro benzene ring substituents is 1. The average Bonchev–Trinajstić information content (AvgIpc) is 3.39. The SMILES string of the molecule is O=C(c1ccccc1[N+](=O)[O-])N1CCC[C@H](c2nc(-c3cccs3)no2)C1. The Morgan fingerprint density at radius 1 is 1.30 bits per heavy atom. The lowest BCUT2D eigenvalue weighted by Crippen LogP contribution is -2.39. The van der Waals surface area contributed by atoms with Gasteiger partial charge in [0.2, 0.25) is 11.7 Å². The lowest BCUT2D eigenvalue weighted by atomic mass is 9.97. The molecule has 9 heteroatoms. The van der Waals surface area contributed by atoms with Gasteiger partial charge in [0, 0.05) is 19.2 Å². The van der Waals surface area contributed by atoms with Crippen molar-refractivity contribution in [2.45, 2.75) is 18.8 Å². The summed E-state index contributed by atoms with van der Waals surface area (Å²) in [5.41, 5.74) is -0.0738. The van der Waals surface area contributed by atoms with Crippen LogP contribution in [-0.2, 0) is 0 Å². The molecular formula is C18H16N4O4S. The molecule has 3 heterocycles. The molecule has 1 aliphatic heterocycles. The minimum Gasteiger partial charge on any atom is -0.339 e. The van der Waals surface area contributed by atoms with Gasteiger partial charge in [-0.25, -0.2) is 0 Å². The van der Waals surface area contributed by atoms with Crippen LogP contribution in [0.4, 0.5) is 5.69 Å². The van der Waals surface area contributed by atoms with E-state index < -0.39 is 4.92 Å². The number of aromatic nitrogens is 2. The van der Waals surface area contributed by atoms with Crippen molar-refractivity contribution in [2.75, 3.05) is 13.1 Å². The van der Waals surface area contributed by atoms with Crippen molar-refractivity contribution < 1.29 is 14.2 Å². The standard InChI is InChI=1S/C18H16N4O4S/c23-18(13-6-1-2-7-14(13)22(24)25)21-9-3-5-12(11-21)17-19-16(20-26-17)15-8-4-10-27-15/h1-2,4,6-8,10,12H,3,5,9,11H2/t12-/m0/s1. The Morgan fingerprint density at radius 3 is 2.93 bits per heavy atom. The molecule has 1 aliphatic rings. The number of carbonyl (C=O) groups excluding carboxylic acids is 1. The molecule has 0 saturated carbocycles. The lowest BCUT2D eigenvalue weighted by Gasteiger charge is -2.30. The molecule has 27 heavy (non-hydrogen) atoms. The fraction of sp³-hybridized carbons (Fsp3) is 0.278. The van der Waals surface area contributed by atoms with Gasteiger partial charge in [0.05, 0.1) is 15.7 Å². The normalized spacial score (nSPS) is 17.0. The number of nitro groups is 1. The van der Waals surface area contributed by atoms with E-state index in [4.69, 9.17) is 4.52 Å². The van der Waals surface area contributed by atoms with Gasteiger partial charge in [-0.1, -0.05) is 23.4 Å². The van der Waals surface area contributed by atoms with Crippen LogP contribution in [0.2, 0.25) is 0 Å². The van der Waals surface area contributed by atoms with E-state index in [0.717, 1.165) is 17.7 Å². The van der Waals surface area contributed by atoms with Crippen LogP contribution < -0.4 is 0 Å². The molecule has 2 aromatic heterocycles. The van der Waals surface area contributed by atoms with E-state index in [1.165, 1.54) is 23.5 Å². The summed E-state index contributed by atoms with van der Waals surface area (Å²) in [5, 5.41) is 17.2. The van der Waals surface area contributed by atoms with E-state index in [-0.39, 0.29) is 23.1 Å². The maximum absolute atomic E-state index is 12.9. The summed E-state index contributed by atoms with van der Waals surface area (Å²) in [6.07, 6.45) is 1.60. The van der Waals surface area contributed by atoms with Crippen molar-refractivity contribution >= 4 is 22.9 Å². The first-order valence-electron chi connectivity index (χ1n) is 8.53. The van der Waals surface area contributed by atoms with Crippen LogP contribution in [0.15, 0.2) is 46.3 Å². The van der Waals surface area contributed by atoms with Gasteiger partial charge < -0.3 is 9.42 Å². The average molecular weight is 384 g/mol. The van der Waals surface area contributed by atoms with E-state index in [0.29, 0.717) is 24.8 Å². The number of carbonyl (C=O) groups is 1. The zero-order valence-electron chi connectivity index (χ0n) is 14.3. The number of likely N-dealkylation sites (tertiary alicyclic amines) is 1. The maximum atomic E-state index is 12.9. The predicted octanol–water partition coefficient (Wildman–Crippen LogP) is 3.73. The second kappa shape index (κ2) is 7.28. The highest BCUT2D eigenvalue weighted by Crippen LogP contribution is 2.30. The summed E-state index contributed by atoms with van der Waals surface area (Å²) in [6, 6.07) is 9.87. The van der Waals surface area contributed by atoms with Crippen LogP contribution in [0.25, 0.3) is 10.7 Å². The van der Waals surface area contributed by atoms with E-state index in [1.807, 2.05) is 17.5 Å². The highest BCUT2D eigenvalue weighted by Gasteiger charge is 2.31. The maximum Gasteiger partial charge on any atom is 0.282 e. The molecule has 0 unspecified atom stereocenters. The van der Waals surface area contributed by atoms with E-state index in [2.05, 4.69) is 10.1 Å². The molecule has 1 atom stereocenters. The van der Waals surface area contributed by atoms with E-state index in [1.54, 1.807) is 17.0 Å². The number of benzene rings is 1. The molecule has 1 amide bonds. The molecule has 3 aromatic rings. The first kappa shape index (κ1) is 17.3. The van der Waals surface area contributed by atoms with Crippen molar-refractivity contribution in [3.63, 3.8) is 0 Å². The molecular weight excluding hydrogens is 368 g/mol. The zero-order valence-corrected chi connectivity index (χ0v) is 15.1. The van der Waals surface area contributed by atoms with Crippen LogP contribution in [0.5, 0.6) is 0 Å². The Hall–Kier alpha value is -3.07. The second-order valence-corrected chi connectivity index (χ2v) is 7.25. The molecule has 4 rings (SSSR count). The summed E-state index contributed by atoms with van der Waals surface area (Å²) >= 11 is 1.53. The predicted molar refractivity (Wildman–Crippen MR) is 98.6 cm³/mol. The summed E-state index contributed by atoms with van der Waals surface area (Å²) in [5.74, 6) is 0.622. The van der Waals surface area contributed by atoms with E-state index >= 15 is 0 Å². The Morgan fingerprint density at radius 2 is 2.15 bits per heavy atom. The van der Waals surface area contributed by atoms with Crippen molar-refractivity contribution in [1.29, 1.82) is 0 Å². The van der Waals surface area contributed by atoms with Crippen LogP contribution in [0, 0.1) is 10.1 Å². The highest BCUT2D eigenvalue weighted by molar-refractivity contribution is 7.13. The summed E-state index contributed by atoms with van der Waals surface area (Å²) in [7, 11) is 0. The lowest BCUT2D eigenvalue weighted by molar-refractivity contribution is -0.385.